The first-order valence-electron chi connectivity index (χ1n) is 9.03. The standard InChI is InChI=1S/C19H39B/c1-9-11-12-14-19(13-10-2)20(17(7)15(3)4)18(8)16(5)6/h12,14-19H,9-11,13H2,1-8H3/b14-12+. The van der Waals surface area contributed by atoms with Crippen molar-refractivity contribution in [2.24, 2.45) is 11.8 Å². The molecule has 0 spiro atoms. The summed E-state index contributed by atoms with van der Waals surface area (Å²) in [5.41, 5.74) is 0. The normalized spacial score (nSPS) is 16.9. The van der Waals surface area contributed by atoms with Crippen LogP contribution in [0, 0.1) is 11.8 Å². The predicted molar refractivity (Wildman–Crippen MR) is 97.0 cm³/mol. The van der Waals surface area contributed by atoms with Gasteiger partial charge in [-0.3, -0.25) is 0 Å². The minimum Gasteiger partial charge on any atom is -0.0926 e. The van der Waals surface area contributed by atoms with E-state index in [1.54, 1.807) is 0 Å². The number of allylic oxidation sites excluding steroid dienone is 2. The highest BCUT2D eigenvalue weighted by molar-refractivity contribution is 6.64. The molecule has 0 aliphatic rings. The Kier molecular flexibility index (Phi) is 10.4. The molecule has 1 heteroatoms. The Balaban J connectivity index is 5.18. The molecule has 0 aromatic rings. The van der Waals surface area contributed by atoms with E-state index in [0.29, 0.717) is 0 Å². The first-order chi connectivity index (χ1) is 9.36. The van der Waals surface area contributed by atoms with Crippen LogP contribution in [-0.2, 0) is 0 Å². The molecule has 0 aliphatic heterocycles. The maximum absolute atomic E-state index is 2.55. The van der Waals surface area contributed by atoms with Gasteiger partial charge in [0.1, 0.15) is 0 Å². The van der Waals surface area contributed by atoms with Crippen LogP contribution in [0.4, 0.5) is 0 Å². The second kappa shape index (κ2) is 10.5. The highest BCUT2D eigenvalue weighted by Gasteiger charge is 2.35. The van der Waals surface area contributed by atoms with E-state index in [2.05, 4.69) is 67.5 Å². The number of hydrogen-bond donors (Lipinski definition) is 0. The van der Waals surface area contributed by atoms with Gasteiger partial charge in [0.2, 0.25) is 0 Å². The molecule has 0 radical (unpaired) electrons. The fourth-order valence-corrected chi connectivity index (χ4v) is 3.34. The molecule has 0 nitrogen and oxygen atoms in total. The van der Waals surface area contributed by atoms with E-state index in [9.17, 15) is 0 Å². The lowest BCUT2D eigenvalue weighted by Gasteiger charge is -2.36. The van der Waals surface area contributed by atoms with Crippen LogP contribution in [0.1, 0.15) is 81.1 Å². The first kappa shape index (κ1) is 19.8. The molecule has 3 atom stereocenters. The van der Waals surface area contributed by atoms with Gasteiger partial charge in [-0.2, -0.15) is 0 Å². The zero-order valence-corrected chi connectivity index (χ0v) is 15.4. The third-order valence-corrected chi connectivity index (χ3v) is 5.27. The lowest BCUT2D eigenvalue weighted by Crippen LogP contribution is -2.34. The Morgan fingerprint density at radius 2 is 1.30 bits per heavy atom. The van der Waals surface area contributed by atoms with Crippen LogP contribution in [0.5, 0.6) is 0 Å². The van der Waals surface area contributed by atoms with E-state index in [4.69, 9.17) is 0 Å². The van der Waals surface area contributed by atoms with Crippen molar-refractivity contribution in [3.05, 3.63) is 12.2 Å². The van der Waals surface area contributed by atoms with Gasteiger partial charge < -0.3 is 0 Å². The molecule has 0 N–H and O–H groups in total. The molecule has 0 aromatic heterocycles. The summed E-state index contributed by atoms with van der Waals surface area (Å²) in [4.78, 5) is 0. The van der Waals surface area contributed by atoms with Crippen LogP contribution in [0.2, 0.25) is 17.5 Å². The van der Waals surface area contributed by atoms with Crippen LogP contribution in [-0.4, -0.2) is 6.71 Å². The summed E-state index contributed by atoms with van der Waals surface area (Å²) < 4.78 is 0. The average Bonchev–Trinajstić information content (AvgIpc) is 2.38. The van der Waals surface area contributed by atoms with Crippen LogP contribution in [0.3, 0.4) is 0 Å². The van der Waals surface area contributed by atoms with Gasteiger partial charge in [-0.05, 0) is 12.2 Å². The smallest absolute Gasteiger partial charge is 0.0926 e. The summed E-state index contributed by atoms with van der Waals surface area (Å²) in [6, 6.07) is 0. The Labute approximate surface area is 129 Å². The average molecular weight is 278 g/mol. The van der Waals surface area contributed by atoms with E-state index in [1.165, 1.54) is 25.7 Å². The van der Waals surface area contributed by atoms with Crippen molar-refractivity contribution in [1.29, 1.82) is 0 Å². The molecule has 118 valence electrons. The SMILES string of the molecule is CCC/C=C/C(CCC)B(C(C)C(C)C)C(C)C(C)C. The van der Waals surface area contributed by atoms with Crippen molar-refractivity contribution >= 4 is 6.71 Å². The molecule has 0 rings (SSSR count). The van der Waals surface area contributed by atoms with Crippen LogP contribution < -0.4 is 0 Å². The Morgan fingerprint density at radius 1 is 0.800 bits per heavy atom. The predicted octanol–water partition coefficient (Wildman–Crippen LogP) is 7.10. The van der Waals surface area contributed by atoms with Crippen molar-refractivity contribution in [2.45, 2.75) is 98.5 Å². The minimum absolute atomic E-state index is 0.765. The Morgan fingerprint density at radius 3 is 1.65 bits per heavy atom. The highest BCUT2D eigenvalue weighted by Crippen LogP contribution is 2.41. The number of rotatable bonds is 10. The summed E-state index contributed by atoms with van der Waals surface area (Å²) in [7, 11) is 0. The monoisotopic (exact) mass is 278 g/mol. The molecular weight excluding hydrogens is 239 g/mol. The Hall–Kier alpha value is -0.195. The third-order valence-electron chi connectivity index (χ3n) is 5.27. The van der Waals surface area contributed by atoms with Crippen molar-refractivity contribution in [2.75, 3.05) is 0 Å². The van der Waals surface area contributed by atoms with E-state index in [0.717, 1.165) is 36.0 Å². The lowest BCUT2D eigenvalue weighted by molar-refractivity contribution is 0.548. The van der Waals surface area contributed by atoms with Gasteiger partial charge in [0.25, 0.3) is 0 Å². The van der Waals surface area contributed by atoms with E-state index >= 15 is 0 Å². The maximum atomic E-state index is 2.55. The van der Waals surface area contributed by atoms with Crippen LogP contribution >= 0.6 is 0 Å². The molecule has 0 aromatic carbocycles. The second-order valence-corrected chi connectivity index (χ2v) is 7.45. The number of hydrogen-bond acceptors (Lipinski definition) is 0. The molecular formula is C19H39B. The zero-order chi connectivity index (χ0) is 15.7. The van der Waals surface area contributed by atoms with Crippen molar-refractivity contribution < 1.29 is 0 Å². The molecule has 0 amide bonds. The van der Waals surface area contributed by atoms with Crippen molar-refractivity contribution in [1.82, 2.24) is 0 Å². The summed E-state index contributed by atoms with van der Waals surface area (Å²) in [6.45, 7) is 19.9. The quantitative estimate of drug-likeness (QED) is 0.295. The minimum atomic E-state index is 0.765. The molecule has 0 bridgehead atoms. The molecule has 20 heavy (non-hydrogen) atoms. The molecule has 0 aliphatic carbocycles. The van der Waals surface area contributed by atoms with Gasteiger partial charge in [0, 0.05) is 0 Å². The molecule has 0 saturated carbocycles. The summed E-state index contributed by atoms with van der Waals surface area (Å²) in [5, 5.41) is 0. The highest BCUT2D eigenvalue weighted by atomic mass is 14.2. The van der Waals surface area contributed by atoms with Crippen molar-refractivity contribution in [3.63, 3.8) is 0 Å². The van der Waals surface area contributed by atoms with E-state index < -0.39 is 0 Å². The molecule has 3 unspecified atom stereocenters. The van der Waals surface area contributed by atoms with Gasteiger partial charge in [-0.25, -0.2) is 0 Å². The lowest BCUT2D eigenvalue weighted by atomic mass is 9.25. The summed E-state index contributed by atoms with van der Waals surface area (Å²) in [6.07, 6.45) is 10.1. The molecule has 0 saturated heterocycles. The first-order valence-corrected chi connectivity index (χ1v) is 9.03. The van der Waals surface area contributed by atoms with E-state index in [-0.39, 0.29) is 0 Å². The molecule has 0 fully saturated rings. The fraction of sp³-hybridized carbons (Fsp3) is 0.895. The second-order valence-electron chi connectivity index (χ2n) is 7.45. The van der Waals surface area contributed by atoms with Gasteiger partial charge >= 0.3 is 0 Å². The molecule has 0 heterocycles. The van der Waals surface area contributed by atoms with Crippen LogP contribution in [0.25, 0.3) is 0 Å². The van der Waals surface area contributed by atoms with Gasteiger partial charge in [-0.1, -0.05) is 110 Å². The largest absolute Gasteiger partial charge is 0.153 e. The maximum Gasteiger partial charge on any atom is 0.153 e. The van der Waals surface area contributed by atoms with Crippen molar-refractivity contribution in [3.8, 4) is 0 Å². The summed E-state index contributed by atoms with van der Waals surface area (Å²) >= 11 is 0. The topological polar surface area (TPSA) is 0 Å². The van der Waals surface area contributed by atoms with E-state index in [1.807, 2.05) is 0 Å². The zero-order valence-electron chi connectivity index (χ0n) is 15.4. The summed E-state index contributed by atoms with van der Waals surface area (Å²) in [5.74, 6) is 3.92. The van der Waals surface area contributed by atoms with Crippen LogP contribution in [0.15, 0.2) is 12.2 Å². The van der Waals surface area contributed by atoms with Gasteiger partial charge in [0.15, 0.2) is 6.71 Å². The van der Waals surface area contributed by atoms with Gasteiger partial charge in [-0.15, -0.1) is 0 Å². The Bertz CT molecular complexity index is 240. The third kappa shape index (κ3) is 6.50. The number of unbranched alkanes of at least 4 members (excludes halogenated alkanes) is 1. The fourth-order valence-electron chi connectivity index (χ4n) is 3.34. The van der Waals surface area contributed by atoms with Gasteiger partial charge in [0.05, 0.1) is 0 Å².